The first-order valence-corrected chi connectivity index (χ1v) is 6.98. The molecule has 6 heteroatoms. The van der Waals surface area contributed by atoms with Crippen LogP contribution in [0.4, 0.5) is 11.6 Å². The lowest BCUT2D eigenvalue weighted by molar-refractivity contribution is 0.312. The molecule has 19 heavy (non-hydrogen) atoms. The molecular formula is C13H22N6. The molecule has 104 valence electrons. The Balaban J connectivity index is 1.72. The Morgan fingerprint density at radius 1 is 1.05 bits per heavy atom. The van der Waals surface area contributed by atoms with Crippen molar-refractivity contribution >= 4 is 11.6 Å². The lowest BCUT2D eigenvalue weighted by atomic mass is 10.3. The number of anilines is 2. The fourth-order valence-electron chi connectivity index (χ4n) is 2.71. The first kappa shape index (κ1) is 12.6. The zero-order valence-corrected chi connectivity index (χ0v) is 11.5. The van der Waals surface area contributed by atoms with Gasteiger partial charge in [0.05, 0.1) is 0 Å². The van der Waals surface area contributed by atoms with Gasteiger partial charge in [0.2, 0.25) is 0 Å². The van der Waals surface area contributed by atoms with Gasteiger partial charge in [-0.25, -0.2) is 9.97 Å². The number of likely N-dealkylation sites (N-methyl/N-ethyl adjacent to an activating group) is 1. The van der Waals surface area contributed by atoms with Gasteiger partial charge in [0.1, 0.15) is 18.0 Å². The van der Waals surface area contributed by atoms with E-state index in [2.05, 4.69) is 37.8 Å². The number of hydrogen-bond acceptors (Lipinski definition) is 6. The summed E-state index contributed by atoms with van der Waals surface area (Å²) in [5.41, 5.74) is 5.96. The van der Waals surface area contributed by atoms with Crippen LogP contribution in [0.2, 0.25) is 0 Å². The van der Waals surface area contributed by atoms with Crippen molar-refractivity contribution in [2.45, 2.75) is 12.5 Å². The zero-order valence-electron chi connectivity index (χ0n) is 11.5. The summed E-state index contributed by atoms with van der Waals surface area (Å²) in [5.74, 6) is 2.05. The second-order valence-electron chi connectivity index (χ2n) is 5.52. The molecule has 2 saturated heterocycles. The van der Waals surface area contributed by atoms with E-state index in [0.29, 0.717) is 0 Å². The van der Waals surface area contributed by atoms with Crippen molar-refractivity contribution in [1.82, 2.24) is 14.9 Å². The molecule has 1 aromatic heterocycles. The van der Waals surface area contributed by atoms with Gasteiger partial charge in [-0.15, -0.1) is 0 Å². The Labute approximate surface area is 114 Å². The van der Waals surface area contributed by atoms with Gasteiger partial charge in [0.25, 0.3) is 0 Å². The van der Waals surface area contributed by atoms with Crippen LogP contribution in [-0.4, -0.2) is 67.2 Å². The van der Waals surface area contributed by atoms with Gasteiger partial charge >= 0.3 is 0 Å². The van der Waals surface area contributed by atoms with E-state index in [0.717, 1.165) is 57.3 Å². The van der Waals surface area contributed by atoms with Crippen molar-refractivity contribution in [3.63, 3.8) is 0 Å². The molecule has 0 saturated carbocycles. The van der Waals surface area contributed by atoms with E-state index in [9.17, 15) is 0 Å². The van der Waals surface area contributed by atoms with Crippen molar-refractivity contribution in [1.29, 1.82) is 0 Å². The van der Waals surface area contributed by atoms with Gasteiger partial charge in [-0.3, -0.25) is 0 Å². The predicted octanol–water partition coefficient (Wildman–Crippen LogP) is -0.234. The Kier molecular flexibility index (Phi) is 3.52. The minimum Gasteiger partial charge on any atom is -0.355 e. The minimum atomic E-state index is 0.280. The van der Waals surface area contributed by atoms with Gasteiger partial charge < -0.3 is 20.4 Å². The lowest BCUT2D eigenvalue weighted by Crippen LogP contribution is -2.44. The molecule has 6 nitrogen and oxygen atoms in total. The molecule has 0 radical (unpaired) electrons. The minimum absolute atomic E-state index is 0.280. The maximum atomic E-state index is 5.96. The second kappa shape index (κ2) is 5.30. The third kappa shape index (κ3) is 2.79. The number of rotatable bonds is 2. The number of hydrogen-bond donors (Lipinski definition) is 1. The summed E-state index contributed by atoms with van der Waals surface area (Å²) >= 11 is 0. The molecule has 3 rings (SSSR count). The first-order chi connectivity index (χ1) is 9.22. The average molecular weight is 262 g/mol. The zero-order chi connectivity index (χ0) is 13.2. The fraction of sp³-hybridized carbons (Fsp3) is 0.692. The topological polar surface area (TPSA) is 61.5 Å². The van der Waals surface area contributed by atoms with E-state index in [1.165, 1.54) is 0 Å². The fourth-order valence-corrected chi connectivity index (χ4v) is 2.71. The molecule has 0 aliphatic carbocycles. The highest BCUT2D eigenvalue weighted by atomic mass is 15.3. The highest BCUT2D eigenvalue weighted by Crippen LogP contribution is 2.21. The Morgan fingerprint density at radius 2 is 1.74 bits per heavy atom. The molecule has 2 fully saturated rings. The van der Waals surface area contributed by atoms with Crippen molar-refractivity contribution < 1.29 is 0 Å². The molecule has 2 aliphatic heterocycles. The van der Waals surface area contributed by atoms with Crippen molar-refractivity contribution in [3.8, 4) is 0 Å². The molecule has 2 N–H and O–H groups in total. The molecule has 0 bridgehead atoms. The van der Waals surface area contributed by atoms with Gasteiger partial charge in [0.15, 0.2) is 0 Å². The van der Waals surface area contributed by atoms with Gasteiger partial charge in [-0.05, 0) is 13.5 Å². The molecule has 0 aromatic carbocycles. The van der Waals surface area contributed by atoms with Crippen LogP contribution in [-0.2, 0) is 0 Å². The largest absolute Gasteiger partial charge is 0.355 e. The number of nitrogens with zero attached hydrogens (tertiary/aromatic N) is 5. The normalized spacial score (nSPS) is 25.1. The van der Waals surface area contributed by atoms with Gasteiger partial charge in [-0.2, -0.15) is 0 Å². The molecule has 0 spiro atoms. The Hall–Kier alpha value is -1.40. The predicted molar refractivity (Wildman–Crippen MR) is 76.5 cm³/mol. The van der Waals surface area contributed by atoms with Crippen LogP contribution in [0.1, 0.15) is 6.42 Å². The summed E-state index contributed by atoms with van der Waals surface area (Å²) in [5, 5.41) is 0. The summed E-state index contributed by atoms with van der Waals surface area (Å²) in [4.78, 5) is 15.7. The average Bonchev–Trinajstić information content (AvgIpc) is 2.86. The smallest absolute Gasteiger partial charge is 0.134 e. The molecular weight excluding hydrogens is 240 g/mol. The van der Waals surface area contributed by atoms with Crippen molar-refractivity contribution in [3.05, 3.63) is 12.4 Å². The molecule has 1 unspecified atom stereocenters. The molecule has 3 heterocycles. The first-order valence-electron chi connectivity index (χ1n) is 6.98. The van der Waals surface area contributed by atoms with Crippen LogP contribution < -0.4 is 15.5 Å². The van der Waals surface area contributed by atoms with E-state index < -0.39 is 0 Å². The summed E-state index contributed by atoms with van der Waals surface area (Å²) in [6, 6.07) is 2.38. The molecule has 1 aromatic rings. The lowest BCUT2D eigenvalue weighted by Gasteiger charge is -2.33. The third-order valence-electron chi connectivity index (χ3n) is 4.01. The van der Waals surface area contributed by atoms with Gasteiger partial charge in [-0.1, -0.05) is 0 Å². The van der Waals surface area contributed by atoms with E-state index >= 15 is 0 Å². The molecule has 1 atom stereocenters. The highest BCUT2D eigenvalue weighted by Gasteiger charge is 2.22. The maximum absolute atomic E-state index is 5.96. The Morgan fingerprint density at radius 3 is 2.37 bits per heavy atom. The number of aromatic nitrogens is 2. The quantitative estimate of drug-likeness (QED) is 0.794. The maximum Gasteiger partial charge on any atom is 0.134 e. The molecule has 0 amide bonds. The monoisotopic (exact) mass is 262 g/mol. The summed E-state index contributed by atoms with van der Waals surface area (Å²) < 4.78 is 0. The van der Waals surface area contributed by atoms with Crippen LogP contribution in [0.25, 0.3) is 0 Å². The number of piperazine rings is 1. The van der Waals surface area contributed by atoms with Crippen molar-refractivity contribution in [2.75, 3.05) is 56.1 Å². The van der Waals surface area contributed by atoms with Crippen LogP contribution in [0.5, 0.6) is 0 Å². The van der Waals surface area contributed by atoms with E-state index in [1.807, 2.05) is 0 Å². The summed E-state index contributed by atoms with van der Waals surface area (Å²) in [7, 11) is 2.16. The summed E-state index contributed by atoms with van der Waals surface area (Å²) in [6.07, 6.45) is 2.72. The Bertz CT molecular complexity index is 429. The van der Waals surface area contributed by atoms with E-state index in [-0.39, 0.29) is 6.04 Å². The van der Waals surface area contributed by atoms with Crippen LogP contribution in [0.3, 0.4) is 0 Å². The van der Waals surface area contributed by atoms with Crippen LogP contribution in [0, 0.1) is 0 Å². The highest BCUT2D eigenvalue weighted by molar-refractivity contribution is 5.51. The molecule has 2 aliphatic rings. The second-order valence-corrected chi connectivity index (χ2v) is 5.52. The van der Waals surface area contributed by atoms with Crippen LogP contribution in [0.15, 0.2) is 12.4 Å². The third-order valence-corrected chi connectivity index (χ3v) is 4.01. The SMILES string of the molecule is CN1CCN(c2cc(N3CCC(N)C3)ncn2)CC1. The van der Waals surface area contributed by atoms with Crippen molar-refractivity contribution in [2.24, 2.45) is 5.73 Å². The number of nitrogens with two attached hydrogens (primary N) is 1. The van der Waals surface area contributed by atoms with Crippen LogP contribution >= 0.6 is 0 Å². The standard InChI is InChI=1S/C13H22N6/c1-17-4-6-18(7-5-17)12-8-13(16-10-15-12)19-3-2-11(14)9-19/h8,10-11H,2-7,9,14H2,1H3. The van der Waals surface area contributed by atoms with Gasteiger partial charge in [0, 0.05) is 51.4 Å². The summed E-state index contributed by atoms with van der Waals surface area (Å²) in [6.45, 7) is 6.15. The van der Waals surface area contributed by atoms with E-state index in [1.54, 1.807) is 6.33 Å². The van der Waals surface area contributed by atoms with E-state index in [4.69, 9.17) is 5.73 Å².